The van der Waals surface area contributed by atoms with Crippen LogP contribution in [0.25, 0.3) is 0 Å². The van der Waals surface area contributed by atoms with Crippen LogP contribution in [0.1, 0.15) is 51.3 Å². The van der Waals surface area contributed by atoms with Gasteiger partial charge in [-0.25, -0.2) is 0 Å². The largest absolute Gasteiger partial charge is 0.468 e. The third-order valence-electron chi connectivity index (χ3n) is 4.80. The molecule has 1 saturated carbocycles. The molecular formula is C16H28N2O. The van der Waals surface area contributed by atoms with Crippen molar-refractivity contribution in [1.29, 1.82) is 0 Å². The number of furan rings is 1. The summed E-state index contributed by atoms with van der Waals surface area (Å²) in [6, 6.07) is 4.39. The lowest BCUT2D eigenvalue weighted by molar-refractivity contribution is 0.0358. The van der Waals surface area contributed by atoms with E-state index in [0.29, 0.717) is 0 Å². The minimum Gasteiger partial charge on any atom is -0.468 e. The lowest BCUT2D eigenvalue weighted by atomic mass is 9.71. The van der Waals surface area contributed by atoms with Crippen LogP contribution >= 0.6 is 0 Å². The lowest BCUT2D eigenvalue weighted by Gasteiger charge is -2.49. The van der Waals surface area contributed by atoms with Crippen LogP contribution in [0, 0.1) is 5.92 Å². The average molecular weight is 264 g/mol. The van der Waals surface area contributed by atoms with E-state index in [-0.39, 0.29) is 11.6 Å². The fraction of sp³-hybridized carbons (Fsp3) is 0.750. The number of likely N-dealkylation sites (N-methyl/N-ethyl adjacent to an activating group) is 2. The lowest BCUT2D eigenvalue weighted by Crippen LogP contribution is -2.55. The topological polar surface area (TPSA) is 28.4 Å². The molecule has 1 unspecified atom stereocenters. The zero-order valence-corrected chi connectivity index (χ0v) is 12.8. The van der Waals surface area contributed by atoms with Gasteiger partial charge in [0.05, 0.1) is 12.3 Å². The standard InChI is InChI=1S/C16H28N2O/c1-5-17-15(14-7-6-12-19-14)16(18(3)4)10-8-13(2)9-11-16/h6-7,12-13,15,17H,5,8-11H2,1-4H3. The van der Waals surface area contributed by atoms with E-state index in [1.165, 1.54) is 25.7 Å². The van der Waals surface area contributed by atoms with Gasteiger partial charge in [0.15, 0.2) is 0 Å². The van der Waals surface area contributed by atoms with E-state index in [9.17, 15) is 0 Å². The Morgan fingerprint density at radius 2 is 2.11 bits per heavy atom. The number of hydrogen-bond donors (Lipinski definition) is 1. The molecule has 1 aliphatic carbocycles. The maximum atomic E-state index is 5.71. The van der Waals surface area contributed by atoms with Gasteiger partial charge >= 0.3 is 0 Å². The average Bonchev–Trinajstić information content (AvgIpc) is 2.91. The third kappa shape index (κ3) is 2.87. The van der Waals surface area contributed by atoms with E-state index in [0.717, 1.165) is 18.2 Å². The maximum absolute atomic E-state index is 5.71. The molecule has 0 aromatic carbocycles. The monoisotopic (exact) mass is 264 g/mol. The molecule has 3 heteroatoms. The molecule has 1 atom stereocenters. The SMILES string of the molecule is CCNC(c1ccco1)C1(N(C)C)CCC(C)CC1. The van der Waals surface area contributed by atoms with Crippen molar-refractivity contribution in [3.63, 3.8) is 0 Å². The zero-order chi connectivity index (χ0) is 13.9. The van der Waals surface area contributed by atoms with E-state index in [1.807, 2.05) is 6.07 Å². The number of nitrogens with zero attached hydrogens (tertiary/aromatic N) is 1. The van der Waals surface area contributed by atoms with Crippen LogP contribution in [0.3, 0.4) is 0 Å². The second-order valence-electron chi connectivity index (χ2n) is 6.19. The van der Waals surface area contributed by atoms with Gasteiger partial charge in [0, 0.05) is 5.54 Å². The fourth-order valence-electron chi connectivity index (χ4n) is 3.47. The minimum absolute atomic E-state index is 0.181. The normalized spacial score (nSPS) is 29.6. The van der Waals surface area contributed by atoms with Gasteiger partial charge in [0.2, 0.25) is 0 Å². The Hall–Kier alpha value is -0.800. The second kappa shape index (κ2) is 6.10. The molecule has 19 heavy (non-hydrogen) atoms. The molecule has 1 fully saturated rings. The van der Waals surface area contributed by atoms with Gasteiger partial charge in [-0.15, -0.1) is 0 Å². The van der Waals surface area contributed by atoms with E-state index in [1.54, 1.807) is 6.26 Å². The molecular weight excluding hydrogens is 236 g/mol. The number of rotatable bonds is 5. The summed E-state index contributed by atoms with van der Waals surface area (Å²) in [5.74, 6) is 1.93. The van der Waals surface area contributed by atoms with Crippen molar-refractivity contribution in [3.8, 4) is 0 Å². The van der Waals surface area contributed by atoms with Crippen molar-refractivity contribution in [1.82, 2.24) is 10.2 Å². The van der Waals surface area contributed by atoms with Gasteiger partial charge < -0.3 is 14.6 Å². The summed E-state index contributed by atoms with van der Waals surface area (Å²) in [7, 11) is 4.42. The highest BCUT2D eigenvalue weighted by atomic mass is 16.3. The summed E-state index contributed by atoms with van der Waals surface area (Å²) in [6.07, 6.45) is 6.87. The van der Waals surface area contributed by atoms with Crippen LogP contribution in [0.2, 0.25) is 0 Å². The van der Waals surface area contributed by atoms with Crippen LogP contribution in [0.5, 0.6) is 0 Å². The summed E-state index contributed by atoms with van der Waals surface area (Å²) in [5, 5.41) is 3.66. The van der Waals surface area contributed by atoms with E-state index < -0.39 is 0 Å². The predicted molar refractivity (Wildman–Crippen MR) is 79.2 cm³/mol. The molecule has 0 saturated heterocycles. The molecule has 2 rings (SSSR count). The van der Waals surface area contributed by atoms with Crippen LogP contribution in [0.4, 0.5) is 0 Å². The van der Waals surface area contributed by atoms with Crippen LogP contribution in [0.15, 0.2) is 22.8 Å². The Labute approximate surface area is 117 Å². The highest BCUT2D eigenvalue weighted by Gasteiger charge is 2.44. The predicted octanol–water partition coefficient (Wildman–Crippen LogP) is 3.44. The van der Waals surface area contributed by atoms with Gasteiger partial charge in [0.25, 0.3) is 0 Å². The molecule has 3 nitrogen and oxygen atoms in total. The third-order valence-corrected chi connectivity index (χ3v) is 4.80. The molecule has 0 amide bonds. The number of nitrogens with one attached hydrogen (secondary N) is 1. The summed E-state index contributed by atoms with van der Waals surface area (Å²) >= 11 is 0. The Morgan fingerprint density at radius 3 is 2.58 bits per heavy atom. The quantitative estimate of drug-likeness (QED) is 0.883. The molecule has 1 N–H and O–H groups in total. The molecule has 1 aliphatic rings. The van der Waals surface area contributed by atoms with Gasteiger partial charge in [-0.1, -0.05) is 13.8 Å². The van der Waals surface area contributed by atoms with E-state index in [4.69, 9.17) is 4.42 Å². The summed E-state index contributed by atoms with van der Waals surface area (Å²) < 4.78 is 5.71. The van der Waals surface area contributed by atoms with Crippen molar-refractivity contribution in [2.45, 2.75) is 51.1 Å². The Kier molecular flexibility index (Phi) is 4.69. The first kappa shape index (κ1) is 14.6. The molecule has 0 bridgehead atoms. The first-order valence-electron chi connectivity index (χ1n) is 7.54. The van der Waals surface area contributed by atoms with E-state index >= 15 is 0 Å². The van der Waals surface area contributed by atoms with E-state index in [2.05, 4.69) is 44.2 Å². The Balaban J connectivity index is 2.29. The Morgan fingerprint density at radius 1 is 1.42 bits per heavy atom. The molecule has 108 valence electrons. The maximum Gasteiger partial charge on any atom is 0.122 e. The van der Waals surface area contributed by atoms with Crippen LogP contribution in [-0.4, -0.2) is 31.1 Å². The summed E-state index contributed by atoms with van der Waals surface area (Å²) in [4.78, 5) is 2.41. The smallest absolute Gasteiger partial charge is 0.122 e. The second-order valence-corrected chi connectivity index (χ2v) is 6.19. The molecule has 0 radical (unpaired) electrons. The van der Waals surface area contributed by atoms with Gasteiger partial charge in [0.1, 0.15) is 5.76 Å². The first-order chi connectivity index (χ1) is 9.10. The number of hydrogen-bond acceptors (Lipinski definition) is 3. The highest BCUT2D eigenvalue weighted by Crippen LogP contribution is 2.43. The van der Waals surface area contributed by atoms with Crippen molar-refractivity contribution < 1.29 is 4.42 Å². The summed E-state index contributed by atoms with van der Waals surface area (Å²) in [6.45, 7) is 5.51. The first-order valence-corrected chi connectivity index (χ1v) is 7.54. The van der Waals surface area contributed by atoms with Crippen molar-refractivity contribution >= 4 is 0 Å². The molecule has 1 aromatic heterocycles. The molecule has 1 heterocycles. The zero-order valence-electron chi connectivity index (χ0n) is 12.8. The van der Waals surface area contributed by atoms with Crippen LogP contribution < -0.4 is 5.32 Å². The highest BCUT2D eigenvalue weighted by molar-refractivity contribution is 5.14. The van der Waals surface area contributed by atoms with Crippen molar-refractivity contribution in [3.05, 3.63) is 24.2 Å². The van der Waals surface area contributed by atoms with Crippen molar-refractivity contribution in [2.75, 3.05) is 20.6 Å². The van der Waals surface area contributed by atoms with Gasteiger partial charge in [-0.3, -0.25) is 0 Å². The fourth-order valence-corrected chi connectivity index (χ4v) is 3.47. The minimum atomic E-state index is 0.181. The summed E-state index contributed by atoms with van der Waals surface area (Å²) in [5.41, 5.74) is 0.181. The molecule has 1 aromatic rings. The van der Waals surface area contributed by atoms with Gasteiger partial charge in [-0.05, 0) is 64.4 Å². The Bertz CT molecular complexity index is 364. The molecule has 0 aliphatic heterocycles. The van der Waals surface area contributed by atoms with Crippen LogP contribution in [-0.2, 0) is 0 Å². The van der Waals surface area contributed by atoms with Gasteiger partial charge in [-0.2, -0.15) is 0 Å². The van der Waals surface area contributed by atoms with Crippen molar-refractivity contribution in [2.24, 2.45) is 5.92 Å². The molecule has 0 spiro atoms.